The topological polar surface area (TPSA) is 50.8 Å². The molecule has 21 aromatic rings. The Labute approximate surface area is 690 Å². The Hall–Kier alpha value is -14.4. The van der Waals surface area contributed by atoms with Crippen LogP contribution >= 0.6 is 0 Å². The molecule has 2 aliphatic heterocycles. The molecule has 7 heteroatoms. The van der Waals surface area contributed by atoms with Crippen LogP contribution in [-0.2, 0) is 10.8 Å². The molecule has 0 amide bonds. The van der Waals surface area contributed by atoms with Crippen LogP contribution in [0.4, 0.5) is 34.1 Å². The van der Waals surface area contributed by atoms with Gasteiger partial charge >= 0.3 is 0 Å². The highest BCUT2D eigenvalue weighted by Crippen LogP contribution is 2.58. The van der Waals surface area contributed by atoms with Gasteiger partial charge in [-0.15, -0.1) is 0 Å². The molecule has 6 nitrogen and oxygen atoms in total. The molecule has 0 spiro atoms. The molecule has 117 heavy (non-hydrogen) atoms. The predicted molar refractivity (Wildman–Crippen MR) is 492 cm³/mol. The highest BCUT2D eigenvalue weighted by atomic mass is 16.3. The molecular formula is C110H78BN3O3. The summed E-state index contributed by atoms with van der Waals surface area (Å²) < 4.78 is 99.4. The van der Waals surface area contributed by atoms with Gasteiger partial charge in [-0.05, 0) is 203 Å². The van der Waals surface area contributed by atoms with Crippen molar-refractivity contribution in [3.05, 3.63) is 375 Å². The lowest BCUT2D eigenvalue weighted by atomic mass is 9.33. The molecule has 0 atom stereocenters. The number of para-hydroxylation sites is 5. The number of benzene rings is 17. The predicted octanol–water partition coefficient (Wildman–Crippen LogP) is 28.8. The number of hydrogen-bond acceptors (Lipinski definition) is 5. The Balaban J connectivity index is 0.948. The third-order valence-corrected chi connectivity index (χ3v) is 24.3. The number of fused-ring (bicyclic) bond motifs is 16. The highest BCUT2D eigenvalue weighted by Gasteiger charge is 2.47. The van der Waals surface area contributed by atoms with Crippen molar-refractivity contribution in [2.45, 2.75) is 52.4 Å². The molecule has 6 heterocycles. The lowest BCUT2D eigenvalue weighted by Gasteiger charge is -2.46. The lowest BCUT2D eigenvalue weighted by Crippen LogP contribution is -2.61. The van der Waals surface area contributed by atoms with E-state index in [0.29, 0.717) is 17.0 Å². The first-order chi connectivity index (χ1) is 60.6. The number of aromatic nitrogens is 1. The molecule has 0 bridgehead atoms. The summed E-state index contributed by atoms with van der Waals surface area (Å²) in [6.45, 7) is 13.0. The van der Waals surface area contributed by atoms with Crippen LogP contribution in [0.3, 0.4) is 0 Å². The van der Waals surface area contributed by atoms with Gasteiger partial charge in [0.2, 0.25) is 0 Å². The number of hydrogen-bond donors (Lipinski definition) is 0. The first-order valence-corrected chi connectivity index (χ1v) is 40.1. The van der Waals surface area contributed by atoms with Crippen molar-refractivity contribution in [1.29, 1.82) is 0 Å². The molecule has 0 unspecified atom stereocenters. The summed E-state index contributed by atoms with van der Waals surface area (Å²) in [7, 11) is 0. The molecule has 0 N–H and O–H groups in total. The Morgan fingerprint density at radius 1 is 0.274 bits per heavy atom. The van der Waals surface area contributed by atoms with Crippen LogP contribution in [0.15, 0.2) is 377 Å². The van der Waals surface area contributed by atoms with E-state index in [0.717, 1.165) is 194 Å². The van der Waals surface area contributed by atoms with Crippen molar-refractivity contribution in [3.63, 3.8) is 0 Å². The van der Waals surface area contributed by atoms with Crippen LogP contribution in [0.1, 0.15) is 63.6 Å². The van der Waals surface area contributed by atoms with Crippen LogP contribution in [0, 0.1) is 0 Å². The van der Waals surface area contributed by atoms with E-state index in [4.69, 9.17) is 13.3 Å². The fraction of sp³-hybridized carbons (Fsp3) is 0.0727. The third kappa shape index (κ3) is 10.7. The molecule has 17 aromatic carbocycles. The van der Waals surface area contributed by atoms with Gasteiger partial charge in [-0.3, -0.25) is 0 Å². The van der Waals surface area contributed by atoms with Crippen molar-refractivity contribution in [2.75, 3.05) is 9.80 Å². The molecule has 4 aromatic heterocycles. The maximum atomic E-state index is 10.1. The fourth-order valence-electron chi connectivity index (χ4n) is 18.8. The van der Waals surface area contributed by atoms with E-state index in [1.807, 2.05) is 42.5 Å². The first kappa shape index (κ1) is 60.2. The molecular weight excluding hydrogens is 1420 g/mol. The highest BCUT2D eigenvalue weighted by molar-refractivity contribution is 7.00. The first-order valence-electron chi connectivity index (χ1n) is 44.1. The molecule has 0 saturated carbocycles. The van der Waals surface area contributed by atoms with Gasteiger partial charge in [0.15, 0.2) is 0 Å². The molecule has 554 valence electrons. The Morgan fingerprint density at radius 2 is 0.667 bits per heavy atom. The fourth-order valence-corrected chi connectivity index (χ4v) is 18.8. The second-order valence-corrected chi connectivity index (χ2v) is 33.2. The maximum absolute atomic E-state index is 10.1. The number of furan rings is 3. The minimum absolute atomic E-state index is 0.00901. The zero-order valence-corrected chi connectivity index (χ0v) is 65.2. The zero-order valence-electron chi connectivity index (χ0n) is 73.2. The van der Waals surface area contributed by atoms with Crippen molar-refractivity contribution < 1.29 is 24.2 Å². The maximum Gasteiger partial charge on any atom is 0.252 e. The van der Waals surface area contributed by atoms with E-state index in [1.54, 1.807) is 4.57 Å². The van der Waals surface area contributed by atoms with Gasteiger partial charge in [0.1, 0.15) is 33.5 Å². The largest absolute Gasteiger partial charge is 0.456 e. The van der Waals surface area contributed by atoms with Gasteiger partial charge in [-0.25, -0.2) is 0 Å². The quantitative estimate of drug-likeness (QED) is 0.128. The second-order valence-electron chi connectivity index (χ2n) is 33.2. The van der Waals surface area contributed by atoms with E-state index in [9.17, 15) is 11.0 Å². The lowest BCUT2D eigenvalue weighted by molar-refractivity contribution is 0.590. The molecule has 23 rings (SSSR count). The summed E-state index contributed by atoms with van der Waals surface area (Å²) in [4.78, 5) is 5.05. The average molecular weight is 1510 g/mol. The number of nitrogens with zero attached hydrogens (tertiary/aromatic N) is 3. The van der Waals surface area contributed by atoms with Gasteiger partial charge in [-0.1, -0.05) is 296 Å². The van der Waals surface area contributed by atoms with Crippen LogP contribution < -0.4 is 26.2 Å². The summed E-state index contributed by atoms with van der Waals surface area (Å²) in [5.41, 5.74) is 27.7. The van der Waals surface area contributed by atoms with Crippen LogP contribution in [0.25, 0.3) is 171 Å². The van der Waals surface area contributed by atoms with Gasteiger partial charge < -0.3 is 27.6 Å². The summed E-state index contributed by atoms with van der Waals surface area (Å²) in [5, 5.41) is 5.71. The Kier molecular flexibility index (Phi) is 13.4. The summed E-state index contributed by atoms with van der Waals surface area (Å²) in [5.74, 6) is 0. The van der Waals surface area contributed by atoms with Crippen LogP contribution in [0.2, 0.25) is 0 Å². The molecule has 0 saturated heterocycles. The zero-order chi connectivity index (χ0) is 85.1. The molecule has 0 radical (unpaired) electrons. The minimum Gasteiger partial charge on any atom is -0.456 e. The van der Waals surface area contributed by atoms with Crippen LogP contribution in [-0.4, -0.2) is 11.3 Å². The van der Waals surface area contributed by atoms with Gasteiger partial charge in [0.05, 0.1) is 33.4 Å². The smallest absolute Gasteiger partial charge is 0.252 e. The van der Waals surface area contributed by atoms with E-state index in [1.165, 1.54) is 0 Å². The Bertz CT molecular complexity index is 8120. The SMILES string of the molecule is [2H]c1c([2H])c([2H])c2c(c1[2H])c1c([2H])c([2H])c([2H])c([2H])c1n2-c1ccc2c(c1)N(c1c(-c3ccccc3)cc(C(C)(C)C)cc1-c1cccc3oc4ccccc4c13)c1cc(-c3ccc4oc5ccccc5c4c3)cc3c1B2c1ccc(-c2ccccc2-c2ccccc2)cc1N3c1c(-c2ccccc2)cc(C(C)(C)C)cc1-c1cccc2oc3ccccc3c12. The average Bonchev–Trinajstić information content (AvgIpc) is 0.952. The number of rotatable bonds is 10. The minimum atomic E-state index is -0.621. The molecule has 2 aliphatic rings. The van der Waals surface area contributed by atoms with Crippen molar-refractivity contribution in [1.82, 2.24) is 4.57 Å². The Morgan fingerprint density at radius 3 is 1.20 bits per heavy atom. The van der Waals surface area contributed by atoms with Gasteiger partial charge in [0.25, 0.3) is 6.71 Å². The molecule has 0 fully saturated rings. The van der Waals surface area contributed by atoms with Crippen molar-refractivity contribution in [3.8, 4) is 83.6 Å². The van der Waals surface area contributed by atoms with E-state index in [-0.39, 0.29) is 27.2 Å². The van der Waals surface area contributed by atoms with Gasteiger partial charge in [0, 0.05) is 93.8 Å². The summed E-state index contributed by atoms with van der Waals surface area (Å²) in [6.07, 6.45) is 0. The van der Waals surface area contributed by atoms with E-state index < -0.39 is 60.5 Å². The van der Waals surface area contributed by atoms with Crippen molar-refractivity contribution in [2.24, 2.45) is 0 Å². The van der Waals surface area contributed by atoms with Crippen molar-refractivity contribution >= 4 is 145 Å². The standard InChI is InChI=1S/C110H78BN3O3/c1-109(2,3)73-62-85(68-32-12-8-13-33-68)107(88(64-73)81-43-28-50-102-104(81)83-41-21-26-48-99(83)116-102)113-94-59-71(77-37-17-16-36-76(77)67-30-10-7-11-31-67)52-55-90(94)111-91-56-54-75(112-92-45-23-18-38-78(92)79-39-19-24-46-93(79)112)66-95(91)114(97-61-72(60-96(113)106(97)111)70-53-57-101-87(58-70)80-40-20-25-47-98(80)115-101)108-86(69-34-14-9-15-35-69)63-74(110(4,5)6)65-89(108)82-44-29-51-103-105(82)84-42-22-27-49-100(84)117-103/h7-66H,1-6H3/i18D,19D,23D,24D,38D,39D,45D,46D. The van der Waals surface area contributed by atoms with Gasteiger partial charge in [-0.2, -0.15) is 0 Å². The van der Waals surface area contributed by atoms with Crippen LogP contribution in [0.5, 0.6) is 0 Å². The third-order valence-electron chi connectivity index (χ3n) is 24.3. The monoisotopic (exact) mass is 1510 g/mol. The normalized spacial score (nSPS) is 13.8. The second kappa shape index (κ2) is 26.1. The number of anilines is 6. The van der Waals surface area contributed by atoms with E-state index in [2.05, 4.69) is 324 Å². The van der Waals surface area contributed by atoms with E-state index >= 15 is 0 Å². The summed E-state index contributed by atoms with van der Waals surface area (Å²) in [6, 6.07) is 109. The summed E-state index contributed by atoms with van der Waals surface area (Å²) >= 11 is 0. The molecule has 0 aliphatic carbocycles.